The monoisotopic (exact) mass is 327 g/mol. The van der Waals surface area contributed by atoms with Crippen LogP contribution in [0.2, 0.25) is 0 Å². The number of nitro groups is 1. The number of hydrogen-bond donors (Lipinski definition) is 0. The van der Waals surface area contributed by atoms with Crippen LogP contribution in [-0.2, 0) is 0 Å². The lowest BCUT2D eigenvalue weighted by Gasteiger charge is -2.27. The molecule has 1 aromatic heterocycles. The zero-order valence-corrected chi connectivity index (χ0v) is 13.1. The van der Waals surface area contributed by atoms with Gasteiger partial charge in [0.1, 0.15) is 11.3 Å². The van der Waals surface area contributed by atoms with E-state index in [1.54, 1.807) is 23.1 Å². The predicted molar refractivity (Wildman–Crippen MR) is 87.2 cm³/mol. The number of aromatic nitrogens is 1. The molecule has 3 rings (SSSR count). The summed E-state index contributed by atoms with van der Waals surface area (Å²) in [6.45, 7) is 1.45. The Balaban J connectivity index is 1.85. The average molecular weight is 327 g/mol. The third-order valence-corrected chi connectivity index (χ3v) is 3.89. The number of benzene rings is 1. The molecule has 0 unspecified atom stereocenters. The maximum Gasteiger partial charge on any atom is 0.273 e. The number of carbonyl (C=O) groups excluding carboxylic acids is 1. The van der Waals surface area contributed by atoms with Crippen molar-refractivity contribution in [3.05, 3.63) is 58.3 Å². The van der Waals surface area contributed by atoms with Crippen molar-refractivity contribution in [1.29, 1.82) is 0 Å². The molecule has 7 nitrogen and oxygen atoms in total. The zero-order valence-electron chi connectivity index (χ0n) is 13.1. The van der Waals surface area contributed by atoms with Crippen LogP contribution in [0.5, 0.6) is 11.6 Å². The molecule has 1 fully saturated rings. The Morgan fingerprint density at radius 3 is 2.71 bits per heavy atom. The minimum atomic E-state index is -0.495. The number of likely N-dealkylation sites (tertiary alicyclic amines) is 1. The zero-order chi connectivity index (χ0) is 16.9. The molecule has 2 aromatic rings. The summed E-state index contributed by atoms with van der Waals surface area (Å²) in [5, 5.41) is 10.9. The Labute approximate surface area is 139 Å². The molecule has 2 heterocycles. The summed E-state index contributed by atoms with van der Waals surface area (Å²) in [4.78, 5) is 29.0. The highest BCUT2D eigenvalue weighted by Gasteiger charge is 2.22. The van der Waals surface area contributed by atoms with Gasteiger partial charge < -0.3 is 9.64 Å². The fourth-order valence-electron chi connectivity index (χ4n) is 2.67. The summed E-state index contributed by atoms with van der Waals surface area (Å²) in [6.07, 6.45) is 4.65. The predicted octanol–water partition coefficient (Wildman–Crippen LogP) is 3.41. The van der Waals surface area contributed by atoms with Gasteiger partial charge in [0, 0.05) is 25.4 Å². The minimum absolute atomic E-state index is 0.0765. The smallest absolute Gasteiger partial charge is 0.273 e. The van der Waals surface area contributed by atoms with Gasteiger partial charge in [-0.15, -0.1) is 0 Å². The number of piperidine rings is 1. The van der Waals surface area contributed by atoms with E-state index >= 15 is 0 Å². The SMILES string of the molecule is O=C(c1cccnc1Oc1cccc([N+](=O)[O-])c1)N1CCCCC1. The first kappa shape index (κ1) is 15.9. The van der Waals surface area contributed by atoms with Gasteiger partial charge in [-0.05, 0) is 37.5 Å². The quantitative estimate of drug-likeness (QED) is 0.634. The Bertz CT molecular complexity index is 757. The molecule has 1 amide bonds. The number of nitro benzene ring substituents is 1. The number of hydrogen-bond acceptors (Lipinski definition) is 5. The Morgan fingerprint density at radius 1 is 1.17 bits per heavy atom. The standard InChI is InChI=1S/C17H17N3O4/c21-17(19-10-2-1-3-11-19)15-8-5-9-18-16(15)24-14-7-4-6-13(12-14)20(22)23/h4-9,12H,1-3,10-11H2. The van der Waals surface area contributed by atoms with E-state index in [4.69, 9.17) is 4.74 Å². The number of non-ortho nitro benzene ring substituents is 1. The largest absolute Gasteiger partial charge is 0.438 e. The average Bonchev–Trinajstić information content (AvgIpc) is 2.62. The molecule has 1 aromatic carbocycles. The van der Waals surface area contributed by atoms with Crippen LogP contribution in [0.1, 0.15) is 29.6 Å². The third kappa shape index (κ3) is 3.51. The first-order valence-electron chi connectivity index (χ1n) is 7.82. The normalized spacial score (nSPS) is 14.2. The maximum absolute atomic E-state index is 12.7. The minimum Gasteiger partial charge on any atom is -0.438 e. The van der Waals surface area contributed by atoms with Crippen LogP contribution >= 0.6 is 0 Å². The highest BCUT2D eigenvalue weighted by molar-refractivity contribution is 5.96. The van der Waals surface area contributed by atoms with Gasteiger partial charge in [-0.2, -0.15) is 0 Å². The van der Waals surface area contributed by atoms with Crippen molar-refractivity contribution in [2.75, 3.05) is 13.1 Å². The number of carbonyl (C=O) groups is 1. The van der Waals surface area contributed by atoms with Crippen LogP contribution in [-0.4, -0.2) is 33.8 Å². The second kappa shape index (κ2) is 7.08. The van der Waals surface area contributed by atoms with Gasteiger partial charge in [-0.1, -0.05) is 6.07 Å². The Hall–Kier alpha value is -2.96. The highest BCUT2D eigenvalue weighted by atomic mass is 16.6. The lowest BCUT2D eigenvalue weighted by molar-refractivity contribution is -0.384. The van der Waals surface area contributed by atoms with E-state index in [0.717, 1.165) is 32.4 Å². The van der Waals surface area contributed by atoms with E-state index in [1.165, 1.54) is 24.4 Å². The molecular weight excluding hydrogens is 310 g/mol. The van der Waals surface area contributed by atoms with Crippen LogP contribution in [0.4, 0.5) is 5.69 Å². The number of ether oxygens (including phenoxy) is 1. The van der Waals surface area contributed by atoms with Gasteiger partial charge >= 0.3 is 0 Å². The summed E-state index contributed by atoms with van der Waals surface area (Å²) in [7, 11) is 0. The molecule has 0 N–H and O–H groups in total. The number of nitrogens with zero attached hydrogens (tertiary/aromatic N) is 3. The third-order valence-electron chi connectivity index (χ3n) is 3.89. The van der Waals surface area contributed by atoms with Gasteiger partial charge in [0.05, 0.1) is 11.0 Å². The van der Waals surface area contributed by atoms with Crippen molar-refractivity contribution >= 4 is 11.6 Å². The molecule has 24 heavy (non-hydrogen) atoms. The van der Waals surface area contributed by atoms with Crippen molar-refractivity contribution in [3.63, 3.8) is 0 Å². The van der Waals surface area contributed by atoms with Crippen molar-refractivity contribution in [2.24, 2.45) is 0 Å². The molecule has 0 radical (unpaired) electrons. The van der Waals surface area contributed by atoms with Crippen LogP contribution in [0.15, 0.2) is 42.6 Å². The molecule has 0 atom stereocenters. The van der Waals surface area contributed by atoms with E-state index in [9.17, 15) is 14.9 Å². The van der Waals surface area contributed by atoms with Gasteiger partial charge in [-0.25, -0.2) is 4.98 Å². The van der Waals surface area contributed by atoms with Crippen LogP contribution in [0.25, 0.3) is 0 Å². The van der Waals surface area contributed by atoms with E-state index < -0.39 is 4.92 Å². The molecule has 0 aliphatic carbocycles. The van der Waals surface area contributed by atoms with Crippen molar-refractivity contribution in [2.45, 2.75) is 19.3 Å². The molecule has 0 bridgehead atoms. The van der Waals surface area contributed by atoms with Gasteiger partial charge in [-0.3, -0.25) is 14.9 Å². The van der Waals surface area contributed by atoms with Crippen molar-refractivity contribution < 1.29 is 14.5 Å². The summed E-state index contributed by atoms with van der Waals surface area (Å²) in [5.74, 6) is 0.312. The van der Waals surface area contributed by atoms with Crippen LogP contribution < -0.4 is 4.74 Å². The second-order valence-corrected chi connectivity index (χ2v) is 5.57. The number of amides is 1. The van der Waals surface area contributed by atoms with Crippen molar-refractivity contribution in [3.8, 4) is 11.6 Å². The summed E-state index contributed by atoms with van der Waals surface area (Å²) < 4.78 is 5.65. The molecular formula is C17H17N3O4. The second-order valence-electron chi connectivity index (χ2n) is 5.57. The topological polar surface area (TPSA) is 85.6 Å². The van der Waals surface area contributed by atoms with E-state index in [0.29, 0.717) is 5.56 Å². The van der Waals surface area contributed by atoms with Crippen molar-refractivity contribution in [1.82, 2.24) is 9.88 Å². The van der Waals surface area contributed by atoms with Gasteiger partial charge in [0.25, 0.3) is 11.6 Å². The molecule has 124 valence electrons. The lowest BCUT2D eigenvalue weighted by atomic mass is 10.1. The molecule has 0 spiro atoms. The Morgan fingerprint density at radius 2 is 1.96 bits per heavy atom. The van der Waals surface area contributed by atoms with E-state index in [1.807, 2.05) is 0 Å². The lowest BCUT2D eigenvalue weighted by Crippen LogP contribution is -2.35. The summed E-state index contributed by atoms with van der Waals surface area (Å²) in [5.41, 5.74) is 0.290. The van der Waals surface area contributed by atoms with Gasteiger partial charge in [0.15, 0.2) is 0 Å². The first-order chi connectivity index (χ1) is 11.6. The molecule has 1 aliphatic rings. The fraction of sp³-hybridized carbons (Fsp3) is 0.294. The van der Waals surface area contributed by atoms with E-state index in [2.05, 4.69) is 4.98 Å². The van der Waals surface area contributed by atoms with Crippen LogP contribution in [0, 0.1) is 10.1 Å². The molecule has 7 heteroatoms. The van der Waals surface area contributed by atoms with Gasteiger partial charge in [0.2, 0.25) is 5.88 Å². The summed E-state index contributed by atoms with van der Waals surface area (Å²) in [6, 6.07) is 9.16. The van der Waals surface area contributed by atoms with E-state index in [-0.39, 0.29) is 23.2 Å². The maximum atomic E-state index is 12.7. The molecule has 0 saturated carbocycles. The first-order valence-corrected chi connectivity index (χ1v) is 7.82. The summed E-state index contributed by atoms with van der Waals surface area (Å²) >= 11 is 0. The molecule has 1 aliphatic heterocycles. The van der Waals surface area contributed by atoms with Crippen LogP contribution in [0.3, 0.4) is 0 Å². The highest BCUT2D eigenvalue weighted by Crippen LogP contribution is 2.27. The fourth-order valence-corrected chi connectivity index (χ4v) is 2.67. The number of pyridine rings is 1. The Kier molecular flexibility index (Phi) is 4.69. The number of rotatable bonds is 4. The molecule has 1 saturated heterocycles.